The largest absolute Gasteiger partial charge is 0.481 e. The van der Waals surface area contributed by atoms with Crippen molar-refractivity contribution >= 4 is 21.9 Å². The number of aliphatic carboxylic acids is 1. The third-order valence-electron chi connectivity index (χ3n) is 2.14. The summed E-state index contributed by atoms with van der Waals surface area (Å²) in [6.07, 6.45) is 0.350. The first-order valence-electron chi connectivity index (χ1n) is 4.61. The van der Waals surface area contributed by atoms with Gasteiger partial charge in [-0.05, 0) is 11.6 Å². The summed E-state index contributed by atoms with van der Waals surface area (Å²) in [6.45, 7) is 0. The Balaban J connectivity index is 2.66. The number of hydrogen-bond donors (Lipinski definition) is 1. The van der Waals surface area contributed by atoms with Crippen molar-refractivity contribution in [2.75, 3.05) is 7.11 Å². The van der Waals surface area contributed by atoms with Gasteiger partial charge in [0.1, 0.15) is 0 Å². The molecular weight excluding hydrogens is 260 g/mol. The summed E-state index contributed by atoms with van der Waals surface area (Å²) in [6, 6.07) is 7.74. The summed E-state index contributed by atoms with van der Waals surface area (Å²) in [5.41, 5.74) is 1.06. The first-order chi connectivity index (χ1) is 7.13. The van der Waals surface area contributed by atoms with E-state index in [0.29, 0.717) is 6.42 Å². The number of carbonyl (C=O) groups is 1. The number of ether oxygens (including phenoxy) is 1. The van der Waals surface area contributed by atoms with Gasteiger partial charge in [-0.25, -0.2) is 0 Å². The summed E-state index contributed by atoms with van der Waals surface area (Å²) >= 11 is 3.42. The minimum Gasteiger partial charge on any atom is -0.481 e. The van der Waals surface area contributed by atoms with Crippen LogP contribution in [0, 0.1) is 0 Å². The van der Waals surface area contributed by atoms with Gasteiger partial charge in [-0.15, -0.1) is 0 Å². The number of rotatable bonds is 5. The summed E-state index contributed by atoms with van der Waals surface area (Å²) in [7, 11) is 1.53. The number of halogens is 1. The van der Waals surface area contributed by atoms with Crippen molar-refractivity contribution in [3.63, 3.8) is 0 Å². The average Bonchev–Trinajstić information content (AvgIpc) is 2.19. The van der Waals surface area contributed by atoms with Crippen LogP contribution in [-0.2, 0) is 16.0 Å². The Hall–Kier alpha value is -0.870. The van der Waals surface area contributed by atoms with E-state index in [9.17, 15) is 4.79 Å². The molecule has 1 aromatic carbocycles. The fourth-order valence-corrected chi connectivity index (χ4v) is 1.79. The lowest BCUT2D eigenvalue weighted by Crippen LogP contribution is -2.18. The molecule has 0 radical (unpaired) electrons. The lowest BCUT2D eigenvalue weighted by atomic mass is 10.1. The molecule has 4 heteroatoms. The van der Waals surface area contributed by atoms with Crippen molar-refractivity contribution in [3.8, 4) is 0 Å². The van der Waals surface area contributed by atoms with E-state index in [4.69, 9.17) is 9.84 Å². The molecule has 1 unspecified atom stereocenters. The van der Waals surface area contributed by atoms with Crippen LogP contribution in [0.1, 0.15) is 12.0 Å². The van der Waals surface area contributed by atoms with Crippen LogP contribution in [0.25, 0.3) is 0 Å². The van der Waals surface area contributed by atoms with Crippen LogP contribution < -0.4 is 0 Å². The van der Waals surface area contributed by atoms with E-state index in [1.807, 2.05) is 24.3 Å². The van der Waals surface area contributed by atoms with Crippen molar-refractivity contribution in [2.24, 2.45) is 0 Å². The molecule has 0 fully saturated rings. The van der Waals surface area contributed by atoms with Crippen LogP contribution in [0.5, 0.6) is 0 Å². The summed E-state index contributed by atoms with van der Waals surface area (Å²) in [5, 5.41) is 8.67. The highest BCUT2D eigenvalue weighted by Gasteiger charge is 2.14. The maximum Gasteiger partial charge on any atom is 0.305 e. The van der Waals surface area contributed by atoms with E-state index >= 15 is 0 Å². The van der Waals surface area contributed by atoms with Gasteiger partial charge in [-0.2, -0.15) is 0 Å². The van der Waals surface area contributed by atoms with Gasteiger partial charge in [0.2, 0.25) is 0 Å². The molecule has 0 aliphatic rings. The lowest BCUT2D eigenvalue weighted by molar-refractivity contribution is -0.139. The number of carboxylic acids is 1. The first kappa shape index (κ1) is 12.2. The van der Waals surface area contributed by atoms with Gasteiger partial charge < -0.3 is 9.84 Å². The highest BCUT2D eigenvalue weighted by Crippen LogP contribution is 2.19. The molecule has 0 aromatic heterocycles. The minimum absolute atomic E-state index is 0.0256. The molecule has 0 saturated carbocycles. The molecule has 1 atom stereocenters. The SMILES string of the molecule is COC(CC(=O)O)Cc1ccccc1Br. The summed E-state index contributed by atoms with van der Waals surface area (Å²) in [4.78, 5) is 10.6. The minimum atomic E-state index is -0.839. The highest BCUT2D eigenvalue weighted by molar-refractivity contribution is 9.10. The zero-order valence-corrected chi connectivity index (χ0v) is 10.0. The summed E-state index contributed by atoms with van der Waals surface area (Å²) < 4.78 is 6.10. The van der Waals surface area contributed by atoms with Crippen LogP contribution in [0.3, 0.4) is 0 Å². The van der Waals surface area contributed by atoms with Gasteiger partial charge in [0.25, 0.3) is 0 Å². The maximum absolute atomic E-state index is 10.6. The van der Waals surface area contributed by atoms with E-state index < -0.39 is 5.97 Å². The first-order valence-corrected chi connectivity index (χ1v) is 5.40. The predicted molar refractivity (Wildman–Crippen MR) is 60.9 cm³/mol. The van der Waals surface area contributed by atoms with Gasteiger partial charge in [0, 0.05) is 18.0 Å². The molecule has 3 nitrogen and oxygen atoms in total. The Bertz CT molecular complexity index is 338. The van der Waals surface area contributed by atoms with Crippen molar-refractivity contribution in [1.29, 1.82) is 0 Å². The fourth-order valence-electron chi connectivity index (χ4n) is 1.34. The van der Waals surface area contributed by atoms with Crippen LogP contribution in [-0.4, -0.2) is 24.3 Å². The highest BCUT2D eigenvalue weighted by atomic mass is 79.9. The van der Waals surface area contributed by atoms with Crippen molar-refractivity contribution < 1.29 is 14.6 Å². The van der Waals surface area contributed by atoms with Gasteiger partial charge in [-0.1, -0.05) is 34.1 Å². The molecule has 1 rings (SSSR count). The van der Waals surface area contributed by atoms with Crippen LogP contribution in [0.15, 0.2) is 28.7 Å². The number of methoxy groups -OCH3 is 1. The van der Waals surface area contributed by atoms with E-state index in [1.54, 1.807) is 0 Å². The third-order valence-corrected chi connectivity index (χ3v) is 2.91. The average molecular weight is 273 g/mol. The monoisotopic (exact) mass is 272 g/mol. The molecular formula is C11H13BrO3. The van der Waals surface area contributed by atoms with E-state index in [2.05, 4.69) is 15.9 Å². The lowest BCUT2D eigenvalue weighted by Gasteiger charge is -2.13. The number of benzene rings is 1. The predicted octanol–water partition coefficient (Wildman–Crippen LogP) is 2.48. The fraction of sp³-hybridized carbons (Fsp3) is 0.364. The molecule has 0 amide bonds. The molecule has 15 heavy (non-hydrogen) atoms. The zero-order chi connectivity index (χ0) is 11.3. The van der Waals surface area contributed by atoms with Crippen LogP contribution >= 0.6 is 15.9 Å². The summed E-state index contributed by atoms with van der Waals surface area (Å²) in [5.74, 6) is -0.839. The third kappa shape index (κ3) is 4.01. The normalized spacial score (nSPS) is 12.4. The van der Waals surface area contributed by atoms with Crippen molar-refractivity contribution in [1.82, 2.24) is 0 Å². The van der Waals surface area contributed by atoms with Gasteiger partial charge in [0.05, 0.1) is 12.5 Å². The second kappa shape index (κ2) is 5.88. The van der Waals surface area contributed by atoms with Crippen molar-refractivity contribution in [3.05, 3.63) is 34.3 Å². The maximum atomic E-state index is 10.6. The molecule has 0 aliphatic heterocycles. The molecule has 0 aliphatic carbocycles. The van der Waals surface area contributed by atoms with Gasteiger partial charge >= 0.3 is 5.97 Å². The van der Waals surface area contributed by atoms with E-state index in [-0.39, 0.29) is 12.5 Å². The van der Waals surface area contributed by atoms with Crippen LogP contribution in [0.2, 0.25) is 0 Å². The Morgan fingerprint density at radius 3 is 2.73 bits per heavy atom. The Labute approximate surface area is 97.2 Å². The molecule has 1 N–H and O–H groups in total. The molecule has 82 valence electrons. The van der Waals surface area contributed by atoms with Gasteiger partial charge in [-0.3, -0.25) is 4.79 Å². The molecule has 1 aromatic rings. The van der Waals surface area contributed by atoms with Gasteiger partial charge in [0.15, 0.2) is 0 Å². The van der Waals surface area contributed by atoms with E-state index in [1.165, 1.54) is 7.11 Å². The zero-order valence-electron chi connectivity index (χ0n) is 8.44. The topological polar surface area (TPSA) is 46.5 Å². The number of hydrogen-bond acceptors (Lipinski definition) is 2. The van der Waals surface area contributed by atoms with Crippen LogP contribution in [0.4, 0.5) is 0 Å². The smallest absolute Gasteiger partial charge is 0.305 e. The second-order valence-corrected chi connectivity index (χ2v) is 4.11. The quantitative estimate of drug-likeness (QED) is 0.896. The standard InChI is InChI=1S/C11H13BrO3/c1-15-9(7-11(13)14)6-8-4-2-3-5-10(8)12/h2-5,9H,6-7H2,1H3,(H,13,14). The Morgan fingerprint density at radius 2 is 2.20 bits per heavy atom. The van der Waals surface area contributed by atoms with E-state index in [0.717, 1.165) is 10.0 Å². The Kier molecular flexibility index (Phi) is 4.78. The Morgan fingerprint density at radius 1 is 1.53 bits per heavy atom. The van der Waals surface area contributed by atoms with Crippen molar-refractivity contribution in [2.45, 2.75) is 18.9 Å². The molecule has 0 spiro atoms. The molecule has 0 bridgehead atoms. The second-order valence-electron chi connectivity index (χ2n) is 3.25. The number of carboxylic acid groups (broad SMARTS) is 1. The molecule has 0 saturated heterocycles. The molecule has 0 heterocycles.